The summed E-state index contributed by atoms with van der Waals surface area (Å²) >= 11 is 0. The van der Waals surface area contributed by atoms with E-state index in [2.05, 4.69) is 33.5 Å². The zero-order valence-corrected chi connectivity index (χ0v) is 19.6. The van der Waals surface area contributed by atoms with Gasteiger partial charge in [0.25, 0.3) is 0 Å². The first kappa shape index (κ1) is 21.9. The molecule has 2 aromatic heterocycles. The fourth-order valence-electron chi connectivity index (χ4n) is 4.14. The Bertz CT molecular complexity index is 1300. The second kappa shape index (κ2) is 9.52. The minimum atomic E-state index is 0.719. The molecule has 1 aliphatic rings. The van der Waals surface area contributed by atoms with E-state index >= 15 is 0 Å². The molecule has 3 heterocycles. The molecule has 8 nitrogen and oxygen atoms in total. The third-order valence-electron chi connectivity index (χ3n) is 6.00. The fraction of sp³-hybridized carbons (Fsp3) is 0.269. The van der Waals surface area contributed by atoms with Crippen molar-refractivity contribution in [2.45, 2.75) is 6.92 Å². The second-order valence-corrected chi connectivity index (χ2v) is 8.28. The average molecular weight is 457 g/mol. The molecule has 5 rings (SSSR count). The maximum atomic E-state index is 5.37. The second-order valence-electron chi connectivity index (χ2n) is 8.28. The van der Waals surface area contributed by atoms with Gasteiger partial charge in [0.2, 0.25) is 0 Å². The van der Waals surface area contributed by atoms with Gasteiger partial charge in [-0.25, -0.2) is 9.97 Å². The number of piperazine rings is 1. The van der Waals surface area contributed by atoms with Gasteiger partial charge in [0.1, 0.15) is 17.3 Å². The summed E-state index contributed by atoms with van der Waals surface area (Å²) in [5, 5.41) is 6.79. The fourth-order valence-corrected chi connectivity index (χ4v) is 4.14. The van der Waals surface area contributed by atoms with Crippen LogP contribution in [0, 0.1) is 6.92 Å². The summed E-state index contributed by atoms with van der Waals surface area (Å²) in [5.74, 6) is 2.45. The van der Waals surface area contributed by atoms with E-state index in [9.17, 15) is 0 Å². The number of methoxy groups -OCH3 is 2. The van der Waals surface area contributed by atoms with Gasteiger partial charge in [0.05, 0.1) is 37.1 Å². The van der Waals surface area contributed by atoms with Gasteiger partial charge >= 0.3 is 0 Å². The molecule has 8 heteroatoms. The van der Waals surface area contributed by atoms with Crippen molar-refractivity contribution in [2.24, 2.45) is 0 Å². The van der Waals surface area contributed by atoms with Crippen LogP contribution < -0.4 is 25.0 Å². The van der Waals surface area contributed by atoms with Crippen LogP contribution >= 0.6 is 0 Å². The van der Waals surface area contributed by atoms with Crippen molar-refractivity contribution in [3.8, 4) is 22.8 Å². The predicted octanol–water partition coefficient (Wildman–Crippen LogP) is 4.17. The molecule has 2 N–H and O–H groups in total. The minimum Gasteiger partial charge on any atom is -0.497 e. The third kappa shape index (κ3) is 4.58. The number of aryl methyl sites for hydroxylation is 1. The lowest BCUT2D eigenvalue weighted by Gasteiger charge is -2.28. The van der Waals surface area contributed by atoms with Crippen LogP contribution in [-0.2, 0) is 0 Å². The first-order valence-corrected chi connectivity index (χ1v) is 11.3. The molecule has 0 aliphatic carbocycles. The first-order valence-electron chi connectivity index (χ1n) is 11.3. The number of ether oxygens (including phenoxy) is 2. The van der Waals surface area contributed by atoms with Gasteiger partial charge in [-0.1, -0.05) is 0 Å². The Morgan fingerprint density at radius 3 is 2.32 bits per heavy atom. The van der Waals surface area contributed by atoms with E-state index in [-0.39, 0.29) is 0 Å². The minimum absolute atomic E-state index is 0.719. The normalized spacial score (nSPS) is 13.7. The number of nitrogens with one attached hydrogen (secondary N) is 2. The summed E-state index contributed by atoms with van der Waals surface area (Å²) in [4.78, 5) is 16.6. The SMILES string of the molecule is COc1cc(Nc2ccc3ncc(-c4cnc(N5CCNCC5)cc4C)nc3c2)cc(OC)c1. The number of pyridine rings is 1. The number of nitrogens with zero attached hydrogens (tertiary/aromatic N) is 4. The van der Waals surface area contributed by atoms with Gasteiger partial charge in [-0.3, -0.25) is 4.98 Å². The van der Waals surface area contributed by atoms with E-state index < -0.39 is 0 Å². The Labute approximate surface area is 199 Å². The highest BCUT2D eigenvalue weighted by Crippen LogP contribution is 2.30. The largest absolute Gasteiger partial charge is 0.497 e. The zero-order chi connectivity index (χ0) is 23.5. The summed E-state index contributed by atoms with van der Waals surface area (Å²) < 4.78 is 10.7. The molecule has 174 valence electrons. The summed E-state index contributed by atoms with van der Waals surface area (Å²) in [7, 11) is 3.28. The summed E-state index contributed by atoms with van der Waals surface area (Å²) in [6.45, 7) is 6.00. The van der Waals surface area contributed by atoms with E-state index in [0.29, 0.717) is 0 Å². The Morgan fingerprint density at radius 2 is 1.62 bits per heavy atom. The molecule has 0 radical (unpaired) electrons. The van der Waals surface area contributed by atoms with Crippen LogP contribution in [0.3, 0.4) is 0 Å². The summed E-state index contributed by atoms with van der Waals surface area (Å²) in [5.41, 5.74) is 6.34. The maximum absolute atomic E-state index is 5.37. The van der Waals surface area contributed by atoms with Gasteiger partial charge in [-0.2, -0.15) is 0 Å². The summed E-state index contributed by atoms with van der Waals surface area (Å²) in [6, 6.07) is 13.8. The highest BCUT2D eigenvalue weighted by Gasteiger charge is 2.14. The highest BCUT2D eigenvalue weighted by atomic mass is 16.5. The standard InChI is InChI=1S/C26H28N6O2/c1-17-10-26(32-8-6-27-7-9-32)29-15-22(17)25-16-28-23-5-4-18(13-24(23)31-25)30-19-11-20(33-2)14-21(12-19)34-3/h4-5,10-16,27,30H,6-9H2,1-3H3. The monoisotopic (exact) mass is 456 g/mol. The first-order chi connectivity index (χ1) is 16.6. The van der Waals surface area contributed by atoms with Crippen molar-refractivity contribution in [1.82, 2.24) is 20.3 Å². The van der Waals surface area contributed by atoms with Gasteiger partial charge in [-0.15, -0.1) is 0 Å². The Balaban J connectivity index is 1.43. The molecular weight excluding hydrogens is 428 g/mol. The molecule has 0 bridgehead atoms. The van der Waals surface area contributed by atoms with Gasteiger partial charge < -0.3 is 25.0 Å². The predicted molar refractivity (Wildman–Crippen MR) is 135 cm³/mol. The lowest BCUT2D eigenvalue weighted by atomic mass is 10.1. The van der Waals surface area contributed by atoms with Crippen molar-refractivity contribution in [1.29, 1.82) is 0 Å². The number of hydrogen-bond donors (Lipinski definition) is 2. The van der Waals surface area contributed by atoms with Gasteiger partial charge in [0, 0.05) is 67.5 Å². The molecule has 2 aromatic carbocycles. The van der Waals surface area contributed by atoms with Crippen LogP contribution in [-0.4, -0.2) is 55.4 Å². The molecule has 0 amide bonds. The van der Waals surface area contributed by atoms with Gasteiger partial charge in [-0.05, 0) is 36.8 Å². The Morgan fingerprint density at radius 1 is 0.853 bits per heavy atom. The van der Waals surface area contributed by atoms with Crippen molar-refractivity contribution < 1.29 is 9.47 Å². The third-order valence-corrected chi connectivity index (χ3v) is 6.00. The number of anilines is 3. The van der Waals surface area contributed by atoms with Crippen LogP contribution in [0.4, 0.5) is 17.2 Å². The van der Waals surface area contributed by atoms with Crippen molar-refractivity contribution in [3.05, 3.63) is 60.4 Å². The van der Waals surface area contributed by atoms with Crippen LogP contribution in [0.25, 0.3) is 22.3 Å². The molecule has 34 heavy (non-hydrogen) atoms. The number of hydrogen-bond acceptors (Lipinski definition) is 8. The van der Waals surface area contributed by atoms with Crippen LogP contribution in [0.15, 0.2) is 54.9 Å². The molecule has 0 saturated carbocycles. The van der Waals surface area contributed by atoms with Crippen LogP contribution in [0.5, 0.6) is 11.5 Å². The van der Waals surface area contributed by atoms with Gasteiger partial charge in [0.15, 0.2) is 0 Å². The Hall–Kier alpha value is -3.91. The molecule has 0 unspecified atom stereocenters. The molecule has 1 fully saturated rings. The molecule has 0 spiro atoms. The molecule has 0 atom stereocenters. The quantitative estimate of drug-likeness (QED) is 0.447. The van der Waals surface area contributed by atoms with E-state index in [1.54, 1.807) is 14.2 Å². The highest BCUT2D eigenvalue weighted by molar-refractivity contribution is 5.82. The number of benzene rings is 2. The van der Waals surface area contributed by atoms with E-state index in [0.717, 1.165) is 82.7 Å². The molecule has 1 aliphatic heterocycles. The van der Waals surface area contributed by atoms with Crippen LogP contribution in [0.2, 0.25) is 0 Å². The van der Waals surface area contributed by atoms with E-state index in [4.69, 9.17) is 19.4 Å². The smallest absolute Gasteiger partial charge is 0.128 e. The Kier molecular flexibility index (Phi) is 6.14. The molecular formula is C26H28N6O2. The number of aromatic nitrogens is 3. The summed E-state index contributed by atoms with van der Waals surface area (Å²) in [6.07, 6.45) is 3.73. The molecule has 1 saturated heterocycles. The number of fused-ring (bicyclic) bond motifs is 1. The number of rotatable bonds is 6. The topological polar surface area (TPSA) is 84.4 Å². The van der Waals surface area contributed by atoms with Crippen LogP contribution in [0.1, 0.15) is 5.56 Å². The van der Waals surface area contributed by atoms with Crippen molar-refractivity contribution in [2.75, 3.05) is 50.6 Å². The van der Waals surface area contributed by atoms with Crippen molar-refractivity contribution >= 4 is 28.2 Å². The lowest BCUT2D eigenvalue weighted by Crippen LogP contribution is -2.43. The lowest BCUT2D eigenvalue weighted by molar-refractivity contribution is 0.395. The molecule has 4 aromatic rings. The maximum Gasteiger partial charge on any atom is 0.128 e. The zero-order valence-electron chi connectivity index (χ0n) is 19.6. The van der Waals surface area contributed by atoms with Crippen molar-refractivity contribution in [3.63, 3.8) is 0 Å². The van der Waals surface area contributed by atoms with E-state index in [1.807, 2.05) is 48.8 Å². The average Bonchev–Trinajstić information content (AvgIpc) is 2.88. The van der Waals surface area contributed by atoms with E-state index in [1.165, 1.54) is 0 Å².